The van der Waals surface area contributed by atoms with Gasteiger partial charge in [-0.25, -0.2) is 8.78 Å². The molecule has 0 aliphatic heterocycles. The maximum atomic E-state index is 13.2. The summed E-state index contributed by atoms with van der Waals surface area (Å²) in [6, 6.07) is 2.90. The fraction of sp³-hybridized carbons (Fsp3) is 0.417. The van der Waals surface area contributed by atoms with Gasteiger partial charge in [0.25, 0.3) is 0 Å². The number of hydrogen-bond acceptors (Lipinski definition) is 2. The normalized spacial score (nSPS) is 12.4. The molecule has 1 atom stereocenters. The van der Waals surface area contributed by atoms with E-state index in [-0.39, 0.29) is 18.4 Å². The van der Waals surface area contributed by atoms with Crippen molar-refractivity contribution >= 4 is 5.97 Å². The van der Waals surface area contributed by atoms with Crippen molar-refractivity contribution < 1.29 is 23.8 Å². The Bertz CT molecular complexity index is 393. The number of aliphatic hydroxyl groups excluding tert-OH is 1. The lowest BCUT2D eigenvalue weighted by molar-refractivity contribution is -0.137. The van der Waals surface area contributed by atoms with Crippen LogP contribution < -0.4 is 0 Å². The van der Waals surface area contributed by atoms with Crippen molar-refractivity contribution in [2.24, 2.45) is 0 Å². The Kier molecular flexibility index (Phi) is 5.03. The summed E-state index contributed by atoms with van der Waals surface area (Å²) < 4.78 is 26.1. The molecule has 0 radical (unpaired) electrons. The molecule has 0 saturated carbocycles. The van der Waals surface area contributed by atoms with Gasteiger partial charge < -0.3 is 10.2 Å². The molecule has 5 heteroatoms. The molecule has 0 aliphatic rings. The van der Waals surface area contributed by atoms with Gasteiger partial charge in [0.05, 0.1) is 6.10 Å². The Morgan fingerprint density at radius 2 is 2.00 bits per heavy atom. The molecule has 0 aliphatic carbocycles. The molecule has 1 aromatic carbocycles. The molecule has 0 amide bonds. The standard InChI is InChI=1S/C12H14F2O3/c13-8-5-6-10(14)9(7-8)11(15)3-1-2-4-12(16)17/h5-7,11,15H,1-4H2,(H,16,17). The molecule has 0 bridgehead atoms. The summed E-state index contributed by atoms with van der Waals surface area (Å²) in [4.78, 5) is 10.2. The van der Waals surface area contributed by atoms with E-state index in [2.05, 4.69) is 0 Å². The first-order valence-electron chi connectivity index (χ1n) is 5.35. The summed E-state index contributed by atoms with van der Waals surface area (Å²) in [5.74, 6) is -2.17. The number of aliphatic carboxylic acids is 1. The zero-order valence-corrected chi connectivity index (χ0v) is 9.20. The number of rotatable bonds is 6. The first-order chi connectivity index (χ1) is 8.00. The smallest absolute Gasteiger partial charge is 0.303 e. The predicted molar refractivity (Wildman–Crippen MR) is 57.4 cm³/mol. The van der Waals surface area contributed by atoms with E-state index < -0.39 is 23.7 Å². The Hall–Kier alpha value is -1.49. The van der Waals surface area contributed by atoms with Gasteiger partial charge in [0, 0.05) is 12.0 Å². The Morgan fingerprint density at radius 3 is 2.65 bits per heavy atom. The minimum Gasteiger partial charge on any atom is -0.481 e. The third kappa shape index (κ3) is 4.48. The van der Waals surface area contributed by atoms with E-state index in [0.717, 1.165) is 18.2 Å². The van der Waals surface area contributed by atoms with Crippen molar-refractivity contribution in [1.82, 2.24) is 0 Å². The van der Waals surface area contributed by atoms with Gasteiger partial charge in [0.1, 0.15) is 11.6 Å². The second kappa shape index (κ2) is 6.30. The number of halogens is 2. The van der Waals surface area contributed by atoms with Crippen LogP contribution in [0.5, 0.6) is 0 Å². The summed E-state index contributed by atoms with van der Waals surface area (Å²) in [6.45, 7) is 0. The van der Waals surface area contributed by atoms with Crippen LogP contribution in [0.15, 0.2) is 18.2 Å². The van der Waals surface area contributed by atoms with Crippen LogP contribution in [0.3, 0.4) is 0 Å². The second-order valence-corrected chi connectivity index (χ2v) is 3.82. The fourth-order valence-electron chi connectivity index (χ4n) is 1.54. The first kappa shape index (κ1) is 13.6. The second-order valence-electron chi connectivity index (χ2n) is 3.82. The molecular weight excluding hydrogens is 230 g/mol. The van der Waals surface area contributed by atoms with Crippen molar-refractivity contribution in [3.63, 3.8) is 0 Å². The van der Waals surface area contributed by atoms with Crippen LogP contribution in [0.2, 0.25) is 0 Å². The van der Waals surface area contributed by atoms with E-state index in [1.54, 1.807) is 0 Å². The lowest BCUT2D eigenvalue weighted by Gasteiger charge is -2.11. The minimum atomic E-state index is -1.10. The molecule has 94 valence electrons. The van der Waals surface area contributed by atoms with Crippen molar-refractivity contribution in [1.29, 1.82) is 0 Å². The number of hydrogen-bond donors (Lipinski definition) is 2. The van der Waals surface area contributed by atoms with Crippen molar-refractivity contribution in [2.75, 3.05) is 0 Å². The highest BCUT2D eigenvalue weighted by Crippen LogP contribution is 2.23. The zero-order chi connectivity index (χ0) is 12.8. The largest absolute Gasteiger partial charge is 0.481 e. The number of unbranched alkanes of at least 4 members (excludes halogenated alkanes) is 1. The van der Waals surface area contributed by atoms with Crippen LogP contribution in [0.25, 0.3) is 0 Å². The van der Waals surface area contributed by atoms with E-state index in [9.17, 15) is 18.7 Å². The molecule has 0 saturated heterocycles. The van der Waals surface area contributed by atoms with Crippen LogP contribution >= 0.6 is 0 Å². The van der Waals surface area contributed by atoms with E-state index in [4.69, 9.17) is 5.11 Å². The third-order valence-corrected chi connectivity index (χ3v) is 2.44. The van der Waals surface area contributed by atoms with Crippen molar-refractivity contribution in [3.05, 3.63) is 35.4 Å². The topological polar surface area (TPSA) is 57.5 Å². The van der Waals surface area contributed by atoms with E-state index in [1.165, 1.54) is 0 Å². The lowest BCUT2D eigenvalue weighted by Crippen LogP contribution is -2.02. The maximum Gasteiger partial charge on any atom is 0.303 e. The fourth-order valence-corrected chi connectivity index (χ4v) is 1.54. The first-order valence-corrected chi connectivity index (χ1v) is 5.35. The molecule has 2 N–H and O–H groups in total. The molecule has 0 heterocycles. The van der Waals surface area contributed by atoms with E-state index in [0.29, 0.717) is 12.8 Å². The number of carboxylic acids is 1. The summed E-state index contributed by atoms with van der Waals surface area (Å²) in [7, 11) is 0. The summed E-state index contributed by atoms with van der Waals surface area (Å²) in [5, 5.41) is 18.0. The molecule has 1 unspecified atom stereocenters. The molecule has 0 fully saturated rings. The average molecular weight is 244 g/mol. The van der Waals surface area contributed by atoms with Gasteiger partial charge >= 0.3 is 5.97 Å². The van der Waals surface area contributed by atoms with Gasteiger partial charge in [0.2, 0.25) is 0 Å². The molecular formula is C12H14F2O3. The monoisotopic (exact) mass is 244 g/mol. The molecule has 17 heavy (non-hydrogen) atoms. The highest BCUT2D eigenvalue weighted by atomic mass is 19.1. The number of carboxylic acid groups (broad SMARTS) is 1. The molecule has 0 aromatic heterocycles. The highest BCUT2D eigenvalue weighted by molar-refractivity contribution is 5.66. The Morgan fingerprint density at radius 1 is 1.29 bits per heavy atom. The van der Waals surface area contributed by atoms with Gasteiger partial charge in [-0.15, -0.1) is 0 Å². The van der Waals surface area contributed by atoms with Crippen LogP contribution in [0.4, 0.5) is 8.78 Å². The molecule has 1 rings (SSSR count). The van der Waals surface area contributed by atoms with Crippen LogP contribution in [0, 0.1) is 11.6 Å². The number of carbonyl (C=O) groups is 1. The van der Waals surface area contributed by atoms with Gasteiger partial charge in [-0.1, -0.05) is 0 Å². The SMILES string of the molecule is O=C(O)CCCCC(O)c1cc(F)ccc1F. The van der Waals surface area contributed by atoms with Crippen LogP contribution in [-0.2, 0) is 4.79 Å². The van der Waals surface area contributed by atoms with E-state index in [1.807, 2.05) is 0 Å². The highest BCUT2D eigenvalue weighted by Gasteiger charge is 2.13. The zero-order valence-electron chi connectivity index (χ0n) is 9.20. The van der Waals surface area contributed by atoms with Crippen LogP contribution in [0.1, 0.15) is 37.4 Å². The summed E-state index contributed by atoms with van der Waals surface area (Å²) >= 11 is 0. The van der Waals surface area contributed by atoms with Gasteiger partial charge in [0.15, 0.2) is 0 Å². The predicted octanol–water partition coefficient (Wildman–Crippen LogP) is 2.64. The quantitative estimate of drug-likeness (QED) is 0.756. The van der Waals surface area contributed by atoms with Crippen molar-refractivity contribution in [3.8, 4) is 0 Å². The molecule has 1 aromatic rings. The molecule has 3 nitrogen and oxygen atoms in total. The number of benzene rings is 1. The van der Waals surface area contributed by atoms with Gasteiger partial charge in [-0.2, -0.15) is 0 Å². The van der Waals surface area contributed by atoms with Crippen molar-refractivity contribution in [2.45, 2.75) is 31.8 Å². The average Bonchev–Trinajstić information content (AvgIpc) is 2.27. The van der Waals surface area contributed by atoms with E-state index >= 15 is 0 Å². The summed E-state index contributed by atoms with van der Waals surface area (Å²) in [5.41, 5.74) is -0.0830. The Balaban J connectivity index is 2.49. The Labute approximate surface area is 97.7 Å². The third-order valence-electron chi connectivity index (χ3n) is 2.44. The molecule has 0 spiro atoms. The van der Waals surface area contributed by atoms with Gasteiger partial charge in [-0.3, -0.25) is 4.79 Å². The van der Waals surface area contributed by atoms with Crippen LogP contribution in [-0.4, -0.2) is 16.2 Å². The minimum absolute atomic E-state index is 0.0123. The maximum absolute atomic E-state index is 13.2. The summed E-state index contributed by atoms with van der Waals surface area (Å²) in [6.07, 6.45) is -0.0156. The number of aliphatic hydroxyl groups is 1. The van der Waals surface area contributed by atoms with Gasteiger partial charge in [-0.05, 0) is 37.5 Å². The lowest BCUT2D eigenvalue weighted by atomic mass is 10.0.